The Morgan fingerprint density at radius 3 is 2.62 bits per heavy atom. The van der Waals surface area contributed by atoms with E-state index in [9.17, 15) is 0 Å². The molecule has 0 aromatic heterocycles. The van der Waals surface area contributed by atoms with Crippen LogP contribution in [0.4, 0.5) is 5.69 Å². The zero-order valence-corrected chi connectivity index (χ0v) is 10.9. The van der Waals surface area contributed by atoms with Gasteiger partial charge in [-0.3, -0.25) is 0 Å². The summed E-state index contributed by atoms with van der Waals surface area (Å²) in [6.07, 6.45) is 2.30. The molecule has 0 fully saturated rings. The fraction of sp³-hybridized carbons (Fsp3) is 0.500. The second kappa shape index (κ2) is 5.13. The van der Waals surface area contributed by atoms with E-state index in [0.29, 0.717) is 6.04 Å². The molecule has 16 heavy (non-hydrogen) atoms. The van der Waals surface area contributed by atoms with E-state index in [2.05, 4.69) is 35.9 Å². The van der Waals surface area contributed by atoms with Gasteiger partial charge in [-0.15, -0.1) is 0 Å². The normalized spacial score (nSPS) is 20.0. The molecule has 0 spiro atoms. The van der Waals surface area contributed by atoms with E-state index in [4.69, 9.17) is 9.05 Å². The average Bonchev–Trinajstić information content (AvgIpc) is 2.33. The van der Waals surface area contributed by atoms with Crippen LogP contribution in [0, 0.1) is 0 Å². The summed E-state index contributed by atoms with van der Waals surface area (Å²) in [5, 5.41) is 0. The summed E-state index contributed by atoms with van der Waals surface area (Å²) in [6.45, 7) is 2.23. The van der Waals surface area contributed by atoms with Crippen LogP contribution in [-0.2, 0) is 15.5 Å². The zero-order chi connectivity index (χ0) is 11.5. The van der Waals surface area contributed by atoms with Gasteiger partial charge in [0.15, 0.2) is 0 Å². The lowest BCUT2D eigenvalue weighted by molar-refractivity contribution is 0.332. The summed E-state index contributed by atoms with van der Waals surface area (Å²) in [7, 11) is 2.45. The van der Waals surface area contributed by atoms with Crippen molar-refractivity contribution >= 4 is 14.2 Å². The molecule has 3 nitrogen and oxygen atoms in total. The summed E-state index contributed by atoms with van der Waals surface area (Å²) >= 11 is 0. The number of nitrogens with zero attached hydrogens (tertiary/aromatic N) is 1. The van der Waals surface area contributed by atoms with Crippen molar-refractivity contribution in [3.05, 3.63) is 29.8 Å². The van der Waals surface area contributed by atoms with Crippen molar-refractivity contribution in [2.75, 3.05) is 18.9 Å². The van der Waals surface area contributed by atoms with E-state index in [1.165, 1.54) is 11.3 Å². The number of para-hydroxylation sites is 1. The third-order valence-electron chi connectivity index (χ3n) is 2.98. The van der Waals surface area contributed by atoms with E-state index in [-0.39, 0.29) is 0 Å². The molecule has 88 valence electrons. The molecule has 0 saturated carbocycles. The highest BCUT2D eigenvalue weighted by Gasteiger charge is 2.30. The van der Waals surface area contributed by atoms with E-state index in [0.717, 1.165) is 12.8 Å². The Hall–Kier alpha value is -0.630. The van der Waals surface area contributed by atoms with Crippen LogP contribution in [0.15, 0.2) is 24.3 Å². The largest absolute Gasteiger partial charge is 0.321 e. The first-order valence-corrected chi connectivity index (χ1v) is 6.66. The third kappa shape index (κ3) is 2.08. The van der Waals surface area contributed by atoms with Crippen molar-refractivity contribution in [2.24, 2.45) is 0 Å². The summed E-state index contributed by atoms with van der Waals surface area (Å²) in [5.74, 6) is 0. The van der Waals surface area contributed by atoms with E-state index >= 15 is 0 Å². The van der Waals surface area contributed by atoms with Gasteiger partial charge < -0.3 is 13.7 Å². The maximum atomic E-state index is 5.43. The standard InChI is InChI=1S/C12H18NO2P/c1-10-8-9-11-6-4-5-7-12(11)13(10)16(14-2)15-3/h4-7,10H,8-9H2,1-3H3/t10-/m1/s1. The molecule has 1 aliphatic heterocycles. The predicted molar refractivity (Wildman–Crippen MR) is 67.6 cm³/mol. The van der Waals surface area contributed by atoms with Crippen molar-refractivity contribution in [1.82, 2.24) is 0 Å². The van der Waals surface area contributed by atoms with Gasteiger partial charge in [-0.2, -0.15) is 0 Å². The van der Waals surface area contributed by atoms with Crippen LogP contribution in [0.25, 0.3) is 0 Å². The van der Waals surface area contributed by atoms with Gasteiger partial charge in [0.25, 0.3) is 8.53 Å². The second-order valence-corrected chi connectivity index (χ2v) is 5.60. The highest BCUT2D eigenvalue weighted by molar-refractivity contribution is 7.49. The highest BCUT2D eigenvalue weighted by atomic mass is 31.2. The molecule has 1 aromatic carbocycles. The van der Waals surface area contributed by atoms with Crippen LogP contribution in [0.1, 0.15) is 18.9 Å². The van der Waals surface area contributed by atoms with Crippen LogP contribution in [0.2, 0.25) is 0 Å². The zero-order valence-electron chi connectivity index (χ0n) is 10.0. The van der Waals surface area contributed by atoms with Crippen molar-refractivity contribution in [3.63, 3.8) is 0 Å². The molecule has 0 saturated heterocycles. The molecule has 0 radical (unpaired) electrons. The summed E-state index contributed by atoms with van der Waals surface area (Å²) in [4.78, 5) is 0. The molecule has 0 unspecified atom stereocenters. The van der Waals surface area contributed by atoms with Gasteiger partial charge >= 0.3 is 0 Å². The van der Waals surface area contributed by atoms with Crippen LogP contribution in [0.5, 0.6) is 0 Å². The second-order valence-electron chi connectivity index (χ2n) is 3.96. The highest BCUT2D eigenvalue weighted by Crippen LogP contribution is 2.49. The Bertz CT molecular complexity index is 355. The van der Waals surface area contributed by atoms with E-state index < -0.39 is 8.53 Å². The molecular formula is C12H18NO2P. The van der Waals surface area contributed by atoms with Gasteiger partial charge in [0.1, 0.15) is 0 Å². The molecule has 0 aliphatic carbocycles. The molecule has 1 heterocycles. The minimum Gasteiger partial charge on any atom is -0.321 e. The van der Waals surface area contributed by atoms with Crippen molar-refractivity contribution in [1.29, 1.82) is 0 Å². The number of benzene rings is 1. The molecule has 1 aliphatic rings. The summed E-state index contributed by atoms with van der Waals surface area (Å²) < 4.78 is 13.1. The van der Waals surface area contributed by atoms with Gasteiger partial charge in [-0.05, 0) is 31.4 Å². The Kier molecular flexibility index (Phi) is 3.80. The van der Waals surface area contributed by atoms with Crippen molar-refractivity contribution < 1.29 is 9.05 Å². The molecule has 0 N–H and O–H groups in total. The van der Waals surface area contributed by atoms with Crippen molar-refractivity contribution in [3.8, 4) is 0 Å². The van der Waals surface area contributed by atoms with Crippen molar-refractivity contribution in [2.45, 2.75) is 25.8 Å². The van der Waals surface area contributed by atoms with Crippen LogP contribution in [-0.4, -0.2) is 20.3 Å². The molecule has 4 heteroatoms. The Morgan fingerprint density at radius 1 is 1.25 bits per heavy atom. The lowest BCUT2D eigenvalue weighted by Crippen LogP contribution is -2.33. The average molecular weight is 239 g/mol. The maximum absolute atomic E-state index is 5.43. The molecule has 1 atom stereocenters. The fourth-order valence-electron chi connectivity index (χ4n) is 2.17. The third-order valence-corrected chi connectivity index (χ3v) is 4.56. The van der Waals surface area contributed by atoms with Gasteiger partial charge in [0, 0.05) is 25.9 Å². The molecule has 1 aromatic rings. The Balaban J connectivity index is 2.36. The Morgan fingerprint density at radius 2 is 1.94 bits per heavy atom. The number of rotatable bonds is 3. The summed E-state index contributed by atoms with van der Waals surface area (Å²) in [6, 6.07) is 8.98. The van der Waals surface area contributed by atoms with Crippen LogP contribution >= 0.6 is 8.53 Å². The first kappa shape index (κ1) is 11.8. The number of hydrogen-bond acceptors (Lipinski definition) is 3. The monoisotopic (exact) mass is 239 g/mol. The molecule has 0 bridgehead atoms. The van der Waals surface area contributed by atoms with Gasteiger partial charge in [0.2, 0.25) is 0 Å². The fourth-order valence-corrected chi connectivity index (χ4v) is 3.48. The SMILES string of the molecule is COP(OC)N1c2ccccc2CC[C@H]1C. The maximum Gasteiger partial charge on any atom is 0.289 e. The first-order valence-electron chi connectivity index (χ1n) is 5.53. The molecule has 2 rings (SSSR count). The van der Waals surface area contributed by atoms with E-state index in [1.54, 1.807) is 14.2 Å². The minimum atomic E-state index is -0.967. The number of fused-ring (bicyclic) bond motifs is 1. The smallest absolute Gasteiger partial charge is 0.289 e. The minimum absolute atomic E-state index is 0.473. The van der Waals surface area contributed by atoms with Crippen LogP contribution in [0.3, 0.4) is 0 Å². The predicted octanol–water partition coefficient (Wildman–Crippen LogP) is 3.35. The summed E-state index contributed by atoms with van der Waals surface area (Å²) in [5.41, 5.74) is 2.65. The lowest BCUT2D eigenvalue weighted by Gasteiger charge is -2.39. The number of aryl methyl sites for hydroxylation is 1. The van der Waals surface area contributed by atoms with Gasteiger partial charge in [-0.1, -0.05) is 18.2 Å². The quantitative estimate of drug-likeness (QED) is 0.755. The molecular weight excluding hydrogens is 221 g/mol. The van der Waals surface area contributed by atoms with E-state index in [1.807, 2.05) is 0 Å². The number of anilines is 1. The van der Waals surface area contributed by atoms with Crippen LogP contribution < -0.4 is 4.67 Å². The van der Waals surface area contributed by atoms with Gasteiger partial charge in [-0.25, -0.2) is 0 Å². The topological polar surface area (TPSA) is 21.7 Å². The number of hydrogen-bond donors (Lipinski definition) is 0. The molecule has 0 amide bonds. The Labute approximate surface area is 98.3 Å². The van der Waals surface area contributed by atoms with Gasteiger partial charge in [0.05, 0.1) is 0 Å². The lowest BCUT2D eigenvalue weighted by atomic mass is 9.99. The first-order chi connectivity index (χ1) is 7.77.